The Kier molecular flexibility index (Phi) is 5.27. The van der Waals surface area contributed by atoms with Gasteiger partial charge < -0.3 is 14.8 Å². The Morgan fingerprint density at radius 1 is 1.27 bits per heavy atom. The zero-order chi connectivity index (χ0) is 21.5. The number of nitrogens with zero attached hydrogens (tertiary/aromatic N) is 2. The van der Waals surface area contributed by atoms with Crippen LogP contribution in [0.15, 0.2) is 34.2 Å². The molecule has 0 unspecified atom stereocenters. The number of carbonyl (C=O) groups is 1. The SMILES string of the molecule is CC1(CSc2nc3c(c(=O)n2-c2ccc(OCC(F)(F)F)cc2)CC(=O)N3)COC1. The highest BCUT2D eigenvalue weighted by atomic mass is 32.2. The molecule has 1 saturated heterocycles. The first-order valence-corrected chi connectivity index (χ1v) is 10.1. The van der Waals surface area contributed by atoms with E-state index in [4.69, 9.17) is 9.47 Å². The van der Waals surface area contributed by atoms with E-state index < -0.39 is 12.8 Å². The second kappa shape index (κ2) is 7.62. The van der Waals surface area contributed by atoms with Crippen LogP contribution in [0, 0.1) is 5.41 Å². The van der Waals surface area contributed by atoms with Gasteiger partial charge in [0.1, 0.15) is 11.6 Å². The first kappa shape index (κ1) is 20.7. The first-order chi connectivity index (χ1) is 14.1. The van der Waals surface area contributed by atoms with Crippen LogP contribution in [0.25, 0.3) is 5.69 Å². The number of amides is 1. The van der Waals surface area contributed by atoms with Crippen molar-refractivity contribution >= 4 is 23.5 Å². The second-order valence-corrected chi connectivity index (χ2v) is 8.52. The summed E-state index contributed by atoms with van der Waals surface area (Å²) in [6, 6.07) is 5.70. The lowest BCUT2D eigenvalue weighted by atomic mass is 9.92. The molecule has 4 rings (SSSR count). The lowest BCUT2D eigenvalue weighted by molar-refractivity contribution is -0.153. The van der Waals surface area contributed by atoms with Crippen LogP contribution in [-0.2, 0) is 16.0 Å². The molecule has 2 aromatic rings. The van der Waals surface area contributed by atoms with Gasteiger partial charge in [0.2, 0.25) is 5.91 Å². The molecule has 0 bridgehead atoms. The highest BCUT2D eigenvalue weighted by Crippen LogP contribution is 2.34. The van der Waals surface area contributed by atoms with E-state index >= 15 is 0 Å². The number of hydrogen-bond donors (Lipinski definition) is 1. The van der Waals surface area contributed by atoms with Crippen molar-refractivity contribution in [2.45, 2.75) is 24.7 Å². The molecule has 1 N–H and O–H groups in total. The van der Waals surface area contributed by atoms with E-state index in [0.717, 1.165) is 0 Å². The molecular formula is C19H18F3N3O4S. The Morgan fingerprint density at radius 3 is 2.57 bits per heavy atom. The zero-order valence-electron chi connectivity index (χ0n) is 15.9. The quantitative estimate of drug-likeness (QED) is 0.549. The topological polar surface area (TPSA) is 82.5 Å². The van der Waals surface area contributed by atoms with Gasteiger partial charge in [-0.2, -0.15) is 13.2 Å². The number of halogens is 3. The van der Waals surface area contributed by atoms with Crippen LogP contribution in [0.4, 0.5) is 19.0 Å². The van der Waals surface area contributed by atoms with Gasteiger partial charge >= 0.3 is 6.18 Å². The van der Waals surface area contributed by atoms with Crippen LogP contribution in [0.1, 0.15) is 12.5 Å². The predicted octanol–water partition coefficient (Wildman–Crippen LogP) is 2.80. The molecule has 30 heavy (non-hydrogen) atoms. The fourth-order valence-corrected chi connectivity index (χ4v) is 4.21. The standard InChI is InChI=1S/C19H18F3N3O4S/c1-18(7-28-8-18)10-30-17-24-15-13(6-14(26)23-15)16(27)25(17)11-2-4-12(5-3-11)29-9-19(20,21)22/h2-5H,6-10H2,1H3,(H,23,26). The molecule has 2 aliphatic heterocycles. The predicted molar refractivity (Wildman–Crippen MR) is 103 cm³/mol. The molecule has 1 aromatic heterocycles. The maximum absolute atomic E-state index is 13.1. The van der Waals surface area contributed by atoms with E-state index in [0.29, 0.717) is 29.8 Å². The summed E-state index contributed by atoms with van der Waals surface area (Å²) >= 11 is 1.36. The lowest BCUT2D eigenvalue weighted by Gasteiger charge is -2.37. The summed E-state index contributed by atoms with van der Waals surface area (Å²) in [6.07, 6.45) is -4.51. The van der Waals surface area contributed by atoms with Gasteiger partial charge in [-0.15, -0.1) is 0 Å². The van der Waals surface area contributed by atoms with Crippen molar-refractivity contribution in [3.8, 4) is 11.4 Å². The van der Waals surface area contributed by atoms with Crippen molar-refractivity contribution in [2.75, 3.05) is 30.9 Å². The number of ether oxygens (including phenoxy) is 2. The number of anilines is 1. The number of hydrogen-bond acceptors (Lipinski definition) is 6. The number of nitrogens with one attached hydrogen (secondary N) is 1. The average Bonchev–Trinajstić information content (AvgIpc) is 3.04. The largest absolute Gasteiger partial charge is 0.484 e. The number of carbonyl (C=O) groups excluding carboxylic acids is 1. The van der Waals surface area contributed by atoms with Gasteiger partial charge in [-0.05, 0) is 24.3 Å². The number of rotatable bonds is 6. The molecule has 3 heterocycles. The number of aromatic nitrogens is 2. The average molecular weight is 441 g/mol. The molecular weight excluding hydrogens is 423 g/mol. The second-order valence-electron chi connectivity index (χ2n) is 7.58. The van der Waals surface area contributed by atoms with Crippen molar-refractivity contribution in [2.24, 2.45) is 5.41 Å². The van der Waals surface area contributed by atoms with Crippen molar-refractivity contribution in [1.29, 1.82) is 0 Å². The molecule has 11 heteroatoms. The molecule has 1 aromatic carbocycles. The fraction of sp³-hybridized carbons (Fsp3) is 0.421. The lowest BCUT2D eigenvalue weighted by Crippen LogP contribution is -2.42. The Bertz CT molecular complexity index is 1030. The molecule has 0 aliphatic carbocycles. The fourth-order valence-electron chi connectivity index (χ4n) is 3.09. The summed E-state index contributed by atoms with van der Waals surface area (Å²) < 4.78 is 48.4. The van der Waals surface area contributed by atoms with Crippen molar-refractivity contribution in [3.05, 3.63) is 40.2 Å². The van der Waals surface area contributed by atoms with Crippen LogP contribution < -0.4 is 15.6 Å². The van der Waals surface area contributed by atoms with Crippen molar-refractivity contribution < 1.29 is 27.4 Å². The summed E-state index contributed by atoms with van der Waals surface area (Å²) in [4.78, 5) is 29.3. The van der Waals surface area contributed by atoms with Crippen molar-refractivity contribution in [3.63, 3.8) is 0 Å². The van der Waals surface area contributed by atoms with E-state index in [1.54, 1.807) is 0 Å². The Morgan fingerprint density at radius 2 is 1.97 bits per heavy atom. The van der Waals surface area contributed by atoms with E-state index in [9.17, 15) is 22.8 Å². The summed E-state index contributed by atoms with van der Waals surface area (Å²) in [5.41, 5.74) is 0.261. The van der Waals surface area contributed by atoms with Gasteiger partial charge in [0.15, 0.2) is 11.8 Å². The van der Waals surface area contributed by atoms with E-state index in [1.165, 1.54) is 40.6 Å². The molecule has 0 spiro atoms. The van der Waals surface area contributed by atoms with Gasteiger partial charge in [0, 0.05) is 11.2 Å². The number of alkyl halides is 3. The normalized spacial score (nSPS) is 17.3. The van der Waals surface area contributed by atoms with Crippen LogP contribution in [0.3, 0.4) is 0 Å². The zero-order valence-corrected chi connectivity index (χ0v) is 16.7. The summed E-state index contributed by atoms with van der Waals surface area (Å²) in [5, 5.41) is 2.98. The Balaban J connectivity index is 1.66. The van der Waals surface area contributed by atoms with Gasteiger partial charge in [0.25, 0.3) is 5.56 Å². The van der Waals surface area contributed by atoms with Gasteiger partial charge in [-0.1, -0.05) is 18.7 Å². The Labute approximate surface area is 173 Å². The third-order valence-corrected chi connectivity index (χ3v) is 6.06. The monoisotopic (exact) mass is 441 g/mol. The summed E-state index contributed by atoms with van der Waals surface area (Å²) in [7, 11) is 0. The highest BCUT2D eigenvalue weighted by molar-refractivity contribution is 7.99. The smallest absolute Gasteiger partial charge is 0.422 e. The molecule has 160 valence electrons. The first-order valence-electron chi connectivity index (χ1n) is 9.10. The maximum Gasteiger partial charge on any atom is 0.422 e. The Hall–Kier alpha value is -2.53. The van der Waals surface area contributed by atoms with E-state index in [-0.39, 0.29) is 40.4 Å². The minimum atomic E-state index is -4.44. The molecule has 0 atom stereocenters. The van der Waals surface area contributed by atoms with Crippen molar-refractivity contribution in [1.82, 2.24) is 9.55 Å². The molecule has 1 amide bonds. The minimum absolute atomic E-state index is 0.0309. The number of benzene rings is 1. The summed E-state index contributed by atoms with van der Waals surface area (Å²) in [6.45, 7) is 1.88. The highest BCUT2D eigenvalue weighted by Gasteiger charge is 2.34. The van der Waals surface area contributed by atoms with Crippen LogP contribution in [-0.4, -0.2) is 47.2 Å². The molecule has 1 fully saturated rings. The van der Waals surface area contributed by atoms with E-state index in [2.05, 4.69) is 17.2 Å². The van der Waals surface area contributed by atoms with Crippen LogP contribution >= 0.6 is 11.8 Å². The number of fused-ring (bicyclic) bond motifs is 1. The van der Waals surface area contributed by atoms with Crippen LogP contribution in [0.2, 0.25) is 0 Å². The maximum atomic E-state index is 13.1. The third-order valence-electron chi connectivity index (χ3n) is 4.69. The minimum Gasteiger partial charge on any atom is -0.484 e. The van der Waals surface area contributed by atoms with Gasteiger partial charge in [-0.3, -0.25) is 14.2 Å². The van der Waals surface area contributed by atoms with E-state index in [1.807, 2.05) is 0 Å². The molecule has 0 radical (unpaired) electrons. The molecule has 0 saturated carbocycles. The van der Waals surface area contributed by atoms with Gasteiger partial charge in [0.05, 0.1) is 30.9 Å². The van der Waals surface area contributed by atoms with Gasteiger partial charge in [-0.25, -0.2) is 4.98 Å². The third kappa shape index (κ3) is 4.31. The summed E-state index contributed by atoms with van der Waals surface area (Å²) in [5.74, 6) is 0.629. The van der Waals surface area contributed by atoms with Crippen LogP contribution in [0.5, 0.6) is 5.75 Å². The molecule has 2 aliphatic rings. The number of thioether (sulfide) groups is 1. The molecule has 7 nitrogen and oxygen atoms in total.